The molecule has 0 saturated carbocycles. The summed E-state index contributed by atoms with van der Waals surface area (Å²) >= 11 is 0. The van der Waals surface area contributed by atoms with E-state index >= 15 is 0 Å². The van der Waals surface area contributed by atoms with E-state index in [2.05, 4.69) is 10.1 Å². The van der Waals surface area contributed by atoms with Gasteiger partial charge in [-0.05, 0) is 49.2 Å². The van der Waals surface area contributed by atoms with E-state index in [1.165, 1.54) is 32.4 Å². The molecule has 1 N–H and O–H groups in total. The van der Waals surface area contributed by atoms with Crippen LogP contribution in [-0.4, -0.2) is 38.7 Å². The Hall–Kier alpha value is -3.35. The number of nitrogens with one attached hydrogen (secondary N) is 1. The Labute approximate surface area is 157 Å². The third-order valence-electron chi connectivity index (χ3n) is 3.82. The van der Waals surface area contributed by atoms with Crippen molar-refractivity contribution in [3.63, 3.8) is 0 Å². The van der Waals surface area contributed by atoms with Crippen LogP contribution < -0.4 is 10.1 Å². The maximum Gasteiger partial charge on any atom is 0.339 e. The van der Waals surface area contributed by atoms with Crippen molar-refractivity contribution < 1.29 is 28.6 Å². The van der Waals surface area contributed by atoms with Gasteiger partial charge < -0.3 is 19.5 Å². The van der Waals surface area contributed by atoms with Crippen LogP contribution in [0.15, 0.2) is 36.4 Å². The van der Waals surface area contributed by atoms with Crippen LogP contribution >= 0.6 is 0 Å². The second kappa shape index (κ2) is 8.84. The highest BCUT2D eigenvalue weighted by atomic mass is 16.5. The molecule has 0 spiro atoms. The zero-order chi connectivity index (χ0) is 20.0. The van der Waals surface area contributed by atoms with Crippen LogP contribution in [-0.2, 0) is 14.3 Å². The number of carbonyl (C=O) groups excluding carboxylic acids is 3. The van der Waals surface area contributed by atoms with Gasteiger partial charge in [0.1, 0.15) is 5.75 Å². The second-order valence-corrected chi connectivity index (χ2v) is 5.85. The molecule has 2 aromatic carbocycles. The molecule has 7 nitrogen and oxygen atoms in total. The lowest BCUT2D eigenvalue weighted by atomic mass is 10.1. The maximum absolute atomic E-state index is 12.3. The summed E-state index contributed by atoms with van der Waals surface area (Å²) in [5, 5.41) is 2.58. The van der Waals surface area contributed by atoms with E-state index in [9.17, 15) is 14.4 Å². The lowest BCUT2D eigenvalue weighted by Gasteiger charge is -2.13. The fourth-order valence-electron chi connectivity index (χ4n) is 2.37. The summed E-state index contributed by atoms with van der Waals surface area (Å²) in [7, 11) is 2.47. The molecule has 0 unspecified atom stereocenters. The van der Waals surface area contributed by atoms with Gasteiger partial charge in [-0.25, -0.2) is 9.59 Å². The molecule has 0 aromatic heterocycles. The molecule has 0 bridgehead atoms. The number of esters is 2. The van der Waals surface area contributed by atoms with Crippen molar-refractivity contribution in [1.82, 2.24) is 0 Å². The molecule has 0 saturated heterocycles. The average Bonchev–Trinajstić information content (AvgIpc) is 2.67. The molecule has 0 radical (unpaired) electrons. The lowest BCUT2D eigenvalue weighted by molar-refractivity contribution is -0.118. The van der Waals surface area contributed by atoms with Crippen LogP contribution in [0.3, 0.4) is 0 Å². The Kier molecular flexibility index (Phi) is 6.54. The van der Waals surface area contributed by atoms with Gasteiger partial charge in [0.25, 0.3) is 5.91 Å². The first-order valence-corrected chi connectivity index (χ1v) is 8.16. The lowest BCUT2D eigenvalue weighted by Crippen LogP contribution is -2.22. The summed E-state index contributed by atoms with van der Waals surface area (Å²) in [6.07, 6.45) is 0. The monoisotopic (exact) mass is 371 g/mol. The van der Waals surface area contributed by atoms with Crippen molar-refractivity contribution in [2.45, 2.75) is 13.8 Å². The van der Waals surface area contributed by atoms with Gasteiger partial charge in [-0.2, -0.15) is 0 Å². The Morgan fingerprint density at radius 3 is 2.30 bits per heavy atom. The fourth-order valence-corrected chi connectivity index (χ4v) is 2.37. The van der Waals surface area contributed by atoms with E-state index < -0.39 is 17.8 Å². The van der Waals surface area contributed by atoms with Gasteiger partial charge >= 0.3 is 11.9 Å². The molecule has 0 fully saturated rings. The average molecular weight is 371 g/mol. The van der Waals surface area contributed by atoms with Crippen molar-refractivity contribution in [3.8, 4) is 5.75 Å². The minimum absolute atomic E-state index is 0.116. The summed E-state index contributed by atoms with van der Waals surface area (Å²) < 4.78 is 14.9. The van der Waals surface area contributed by atoms with E-state index in [1.54, 1.807) is 0 Å². The van der Waals surface area contributed by atoms with E-state index in [0.29, 0.717) is 5.75 Å². The number of amides is 1. The molecule has 0 aliphatic carbocycles. The van der Waals surface area contributed by atoms with Gasteiger partial charge in [-0.3, -0.25) is 4.79 Å². The first-order valence-electron chi connectivity index (χ1n) is 8.16. The third-order valence-corrected chi connectivity index (χ3v) is 3.82. The zero-order valence-electron chi connectivity index (χ0n) is 15.6. The van der Waals surface area contributed by atoms with Crippen LogP contribution in [0.2, 0.25) is 0 Å². The quantitative estimate of drug-likeness (QED) is 0.785. The van der Waals surface area contributed by atoms with Gasteiger partial charge in [0, 0.05) is 0 Å². The molecule has 1 amide bonds. The van der Waals surface area contributed by atoms with Crippen molar-refractivity contribution in [2.75, 3.05) is 26.1 Å². The van der Waals surface area contributed by atoms with Crippen molar-refractivity contribution in [1.29, 1.82) is 0 Å². The van der Waals surface area contributed by atoms with Gasteiger partial charge in [-0.15, -0.1) is 0 Å². The van der Waals surface area contributed by atoms with Gasteiger partial charge in [0.2, 0.25) is 0 Å². The van der Waals surface area contributed by atoms with Crippen LogP contribution in [0, 0.1) is 13.8 Å². The number of carbonyl (C=O) groups is 3. The summed E-state index contributed by atoms with van der Waals surface area (Å²) in [4.78, 5) is 35.9. The van der Waals surface area contributed by atoms with Gasteiger partial charge in [-0.1, -0.05) is 12.1 Å². The second-order valence-electron chi connectivity index (χ2n) is 5.85. The van der Waals surface area contributed by atoms with E-state index in [1.807, 2.05) is 32.0 Å². The normalized spacial score (nSPS) is 10.1. The predicted octanol–water partition coefficient (Wildman–Crippen LogP) is 2.89. The number of benzene rings is 2. The highest BCUT2D eigenvalue weighted by Gasteiger charge is 2.17. The molecule has 0 heterocycles. The van der Waals surface area contributed by atoms with E-state index in [0.717, 1.165) is 11.1 Å². The Balaban J connectivity index is 2.18. The van der Waals surface area contributed by atoms with Crippen LogP contribution in [0.1, 0.15) is 31.8 Å². The number of methoxy groups -OCH3 is 2. The number of ether oxygens (including phenoxy) is 3. The topological polar surface area (TPSA) is 90.9 Å². The molecular formula is C20H21NO6. The smallest absolute Gasteiger partial charge is 0.339 e. The standard InChI is InChI=1S/C20H21NO6/c1-12-5-6-13(2)17(9-12)27-11-18(22)21-16-10-14(19(23)25-3)7-8-15(16)20(24)26-4/h5-10H,11H2,1-4H3,(H,21,22). The number of hydrogen-bond acceptors (Lipinski definition) is 6. The third kappa shape index (κ3) is 5.07. The Morgan fingerprint density at radius 2 is 1.63 bits per heavy atom. The summed E-state index contributed by atoms with van der Waals surface area (Å²) in [6.45, 7) is 3.54. The maximum atomic E-state index is 12.3. The molecule has 0 aliphatic rings. The van der Waals surface area contributed by atoms with Gasteiger partial charge in [0.05, 0.1) is 31.0 Å². The largest absolute Gasteiger partial charge is 0.483 e. The fraction of sp³-hybridized carbons (Fsp3) is 0.250. The van der Waals surface area contributed by atoms with E-state index in [4.69, 9.17) is 9.47 Å². The molecule has 0 atom stereocenters. The van der Waals surface area contributed by atoms with Gasteiger partial charge in [0.15, 0.2) is 6.61 Å². The predicted molar refractivity (Wildman–Crippen MR) is 99.2 cm³/mol. The molecule has 7 heteroatoms. The molecule has 142 valence electrons. The first kappa shape index (κ1) is 20.0. The highest BCUT2D eigenvalue weighted by molar-refractivity contribution is 6.03. The zero-order valence-corrected chi connectivity index (χ0v) is 15.6. The number of hydrogen-bond donors (Lipinski definition) is 1. The van der Waals surface area contributed by atoms with Crippen molar-refractivity contribution >= 4 is 23.5 Å². The number of rotatable bonds is 6. The minimum atomic E-state index is -0.642. The molecule has 0 aliphatic heterocycles. The summed E-state index contributed by atoms with van der Waals surface area (Å²) in [5.41, 5.74) is 2.35. The molecule has 2 rings (SSSR count). The summed E-state index contributed by atoms with van der Waals surface area (Å²) in [5.74, 6) is -1.12. The van der Waals surface area contributed by atoms with Crippen molar-refractivity contribution in [3.05, 3.63) is 58.7 Å². The SMILES string of the molecule is COC(=O)c1ccc(C(=O)OC)c(NC(=O)COc2cc(C)ccc2C)c1. The molecule has 27 heavy (non-hydrogen) atoms. The van der Waals surface area contributed by atoms with Crippen LogP contribution in [0.4, 0.5) is 5.69 Å². The number of aryl methyl sites for hydroxylation is 2. The van der Waals surface area contributed by atoms with E-state index in [-0.39, 0.29) is 23.4 Å². The van der Waals surface area contributed by atoms with Crippen molar-refractivity contribution in [2.24, 2.45) is 0 Å². The highest BCUT2D eigenvalue weighted by Crippen LogP contribution is 2.21. The Morgan fingerprint density at radius 1 is 0.926 bits per heavy atom. The minimum Gasteiger partial charge on any atom is -0.483 e. The Bertz CT molecular complexity index is 875. The molecular weight excluding hydrogens is 350 g/mol. The molecule has 2 aromatic rings. The van der Waals surface area contributed by atoms with Crippen LogP contribution in [0.25, 0.3) is 0 Å². The summed E-state index contributed by atoms with van der Waals surface area (Å²) in [6, 6.07) is 9.84. The first-order chi connectivity index (χ1) is 12.8. The number of anilines is 1. The van der Waals surface area contributed by atoms with Crippen LogP contribution in [0.5, 0.6) is 5.75 Å².